The highest BCUT2D eigenvalue weighted by molar-refractivity contribution is 5.96. The number of nitrogens with two attached hydrogens (primary N) is 1. The molecule has 212 valence electrons. The lowest BCUT2D eigenvalue weighted by molar-refractivity contribution is 0.0936. The number of hydrogen-bond acceptors (Lipinski definition) is 8. The highest BCUT2D eigenvalue weighted by atomic mass is 16.3. The van der Waals surface area contributed by atoms with E-state index in [0.717, 1.165) is 35.2 Å². The van der Waals surface area contributed by atoms with Crippen molar-refractivity contribution in [2.75, 3.05) is 5.73 Å². The summed E-state index contributed by atoms with van der Waals surface area (Å²) in [5.41, 5.74) is 12.7. The average Bonchev–Trinajstić information content (AvgIpc) is 3.77. The zero-order valence-electron chi connectivity index (χ0n) is 23.1. The maximum Gasteiger partial charge on any atom is 0.251 e. The van der Waals surface area contributed by atoms with Crippen molar-refractivity contribution in [1.29, 1.82) is 0 Å². The van der Waals surface area contributed by atoms with Crippen molar-refractivity contribution in [1.82, 2.24) is 34.6 Å². The predicted octanol–water partition coefficient (Wildman–Crippen LogP) is 4.49. The number of carbonyl (C=O) groups is 2. The Morgan fingerprint density at radius 3 is 2.81 bits per heavy atom. The minimum atomic E-state index is -0.314. The Hall–Kier alpha value is -5.84. The number of nitrogen functional groups attached to an aromatic ring is 1. The lowest BCUT2D eigenvalue weighted by Gasteiger charge is -2.16. The molecule has 0 unspecified atom stereocenters. The molecule has 0 bridgehead atoms. The van der Waals surface area contributed by atoms with Gasteiger partial charge in [0.05, 0.1) is 17.2 Å². The van der Waals surface area contributed by atoms with Gasteiger partial charge in [-0.2, -0.15) is 5.10 Å². The molecule has 6 aromatic rings. The van der Waals surface area contributed by atoms with E-state index >= 15 is 0 Å². The molecule has 0 saturated carbocycles. The number of anilines is 1. The first-order valence-electron chi connectivity index (χ1n) is 13.7. The van der Waals surface area contributed by atoms with E-state index in [1.165, 1.54) is 18.2 Å². The van der Waals surface area contributed by atoms with Crippen molar-refractivity contribution < 1.29 is 14.7 Å². The third-order valence-electron chi connectivity index (χ3n) is 7.71. The van der Waals surface area contributed by atoms with Crippen molar-refractivity contribution in [2.45, 2.75) is 25.8 Å². The Morgan fingerprint density at radius 1 is 1.12 bits per heavy atom. The first-order chi connectivity index (χ1) is 20.9. The molecule has 43 heavy (non-hydrogen) atoms. The first kappa shape index (κ1) is 26.1. The summed E-state index contributed by atoms with van der Waals surface area (Å²) in [6, 6.07) is 17.7. The number of aromatic nitrogens is 6. The van der Waals surface area contributed by atoms with Crippen LogP contribution >= 0.6 is 0 Å². The molecule has 2 aromatic carbocycles. The molecular formula is C32H26N8O3. The smallest absolute Gasteiger partial charge is 0.251 e. The van der Waals surface area contributed by atoms with Crippen LogP contribution in [0.25, 0.3) is 34.1 Å². The topological polar surface area (TPSA) is 154 Å². The molecule has 1 aliphatic carbocycles. The molecular weight excluding hydrogens is 544 g/mol. The summed E-state index contributed by atoms with van der Waals surface area (Å²) in [6.45, 7) is 1.96. The fourth-order valence-corrected chi connectivity index (χ4v) is 5.59. The quantitative estimate of drug-likeness (QED) is 0.248. The van der Waals surface area contributed by atoms with Crippen LogP contribution in [0.1, 0.15) is 49.9 Å². The Kier molecular flexibility index (Phi) is 6.19. The lowest BCUT2D eigenvalue weighted by Crippen LogP contribution is -2.27. The van der Waals surface area contributed by atoms with Crippen molar-refractivity contribution in [3.63, 3.8) is 0 Å². The summed E-state index contributed by atoms with van der Waals surface area (Å²) < 4.78 is 3.68. The van der Waals surface area contributed by atoms with Crippen LogP contribution in [0.5, 0.6) is 5.75 Å². The van der Waals surface area contributed by atoms with Gasteiger partial charge in [-0.15, -0.1) is 0 Å². The van der Waals surface area contributed by atoms with Gasteiger partial charge in [0.15, 0.2) is 23.6 Å². The number of carbonyl (C=O) groups excluding carboxylic acids is 2. The summed E-state index contributed by atoms with van der Waals surface area (Å²) in [4.78, 5) is 38.5. The van der Waals surface area contributed by atoms with E-state index in [2.05, 4.69) is 21.5 Å². The van der Waals surface area contributed by atoms with Gasteiger partial charge in [-0.25, -0.2) is 19.6 Å². The van der Waals surface area contributed by atoms with Crippen molar-refractivity contribution in [3.05, 3.63) is 107 Å². The molecule has 11 heteroatoms. The number of aromatic hydroxyl groups is 1. The van der Waals surface area contributed by atoms with Crippen molar-refractivity contribution in [3.8, 4) is 28.6 Å². The van der Waals surface area contributed by atoms with Crippen molar-refractivity contribution >= 4 is 29.2 Å². The minimum Gasteiger partial charge on any atom is -0.507 e. The molecule has 1 aliphatic rings. The van der Waals surface area contributed by atoms with Crippen LogP contribution in [0.2, 0.25) is 0 Å². The minimum absolute atomic E-state index is 0.0706. The highest BCUT2D eigenvalue weighted by Crippen LogP contribution is 2.36. The number of fused-ring (bicyclic) bond motifs is 2. The molecule has 0 fully saturated rings. The Balaban J connectivity index is 1.30. The summed E-state index contributed by atoms with van der Waals surface area (Å²) in [6.07, 6.45) is 7.26. The highest BCUT2D eigenvalue weighted by Gasteiger charge is 2.26. The second-order valence-electron chi connectivity index (χ2n) is 10.5. The Bertz CT molecular complexity index is 2050. The molecule has 0 radical (unpaired) electrons. The van der Waals surface area contributed by atoms with Crippen LogP contribution in [-0.4, -0.2) is 46.6 Å². The number of nitrogens with zero attached hydrogens (tertiary/aromatic N) is 6. The molecule has 4 heterocycles. The lowest BCUT2D eigenvalue weighted by atomic mass is 10.1. The fraction of sp³-hybridized carbons (Fsp3) is 0.125. The van der Waals surface area contributed by atoms with Gasteiger partial charge >= 0.3 is 0 Å². The van der Waals surface area contributed by atoms with E-state index in [4.69, 9.17) is 15.7 Å². The normalized spacial score (nSPS) is 14.1. The van der Waals surface area contributed by atoms with E-state index in [0.29, 0.717) is 46.0 Å². The zero-order chi connectivity index (χ0) is 29.7. The van der Waals surface area contributed by atoms with E-state index in [9.17, 15) is 14.7 Å². The number of aldehydes is 1. The number of phenols is 1. The van der Waals surface area contributed by atoms with Crippen LogP contribution in [0.4, 0.5) is 5.82 Å². The second kappa shape index (κ2) is 10.2. The summed E-state index contributed by atoms with van der Waals surface area (Å²) >= 11 is 0. The number of amides is 1. The molecule has 1 amide bonds. The maximum absolute atomic E-state index is 13.0. The van der Waals surface area contributed by atoms with E-state index in [-0.39, 0.29) is 23.3 Å². The van der Waals surface area contributed by atoms with E-state index in [1.54, 1.807) is 17.1 Å². The van der Waals surface area contributed by atoms with Crippen LogP contribution < -0.4 is 11.1 Å². The van der Waals surface area contributed by atoms with Gasteiger partial charge in [-0.3, -0.25) is 14.2 Å². The third kappa shape index (κ3) is 4.56. The fourth-order valence-electron chi connectivity index (χ4n) is 5.59. The van der Waals surface area contributed by atoms with E-state index < -0.39 is 0 Å². The molecule has 0 aliphatic heterocycles. The number of imidazole rings is 1. The van der Waals surface area contributed by atoms with Gasteiger partial charge < -0.3 is 16.2 Å². The number of pyridine rings is 2. The Labute approximate surface area is 245 Å². The van der Waals surface area contributed by atoms with Crippen LogP contribution in [-0.2, 0) is 6.42 Å². The van der Waals surface area contributed by atoms with Gasteiger partial charge in [0.2, 0.25) is 0 Å². The van der Waals surface area contributed by atoms with Gasteiger partial charge in [0, 0.05) is 29.8 Å². The standard InChI is InChI=1S/C32H26N8O3/c1-18-13-24(29(33)34-16-18)30-36-26-8-10-28(39-12-2-11-35-39)38-31(26)40(30)22-5-6-23-19(15-22)3-7-25(23)37-32(43)20-4-9-27(42)21(14-20)17-41/h2,4-6,8-17,25,42H,3,7H2,1H3,(H2,33,34)(H,37,43)/t25-/m0/s1. The summed E-state index contributed by atoms with van der Waals surface area (Å²) in [5.74, 6) is 1.16. The number of benzene rings is 2. The van der Waals surface area contributed by atoms with Crippen LogP contribution in [0.3, 0.4) is 0 Å². The number of phenolic OH excluding ortho intramolecular Hbond substituents is 1. The molecule has 11 nitrogen and oxygen atoms in total. The number of aryl methyl sites for hydroxylation is 2. The molecule has 0 saturated heterocycles. The number of hydrogen-bond donors (Lipinski definition) is 3. The van der Waals surface area contributed by atoms with Gasteiger partial charge in [0.25, 0.3) is 5.91 Å². The molecule has 0 spiro atoms. The zero-order valence-corrected chi connectivity index (χ0v) is 23.1. The molecule has 4 aromatic heterocycles. The number of nitrogens with one attached hydrogen (secondary N) is 1. The van der Waals surface area contributed by atoms with Gasteiger partial charge in [-0.1, -0.05) is 6.07 Å². The Morgan fingerprint density at radius 2 is 2.00 bits per heavy atom. The molecule has 7 rings (SSSR count). The number of rotatable bonds is 6. The SMILES string of the molecule is Cc1cnc(N)c(-c2nc3ccc(-n4cccn4)nc3n2-c2ccc3c(c2)CC[C@@H]3NC(=O)c2ccc(O)c(C=O)c2)c1. The van der Waals surface area contributed by atoms with Gasteiger partial charge in [0.1, 0.15) is 17.1 Å². The van der Waals surface area contributed by atoms with Gasteiger partial charge in [-0.05, 0) is 91.1 Å². The van der Waals surface area contributed by atoms with E-state index in [1.807, 2.05) is 54.1 Å². The second-order valence-corrected chi connectivity index (χ2v) is 10.5. The molecule has 1 atom stereocenters. The van der Waals surface area contributed by atoms with Crippen LogP contribution in [0.15, 0.2) is 79.3 Å². The summed E-state index contributed by atoms with van der Waals surface area (Å²) in [7, 11) is 0. The van der Waals surface area contributed by atoms with Crippen LogP contribution in [0, 0.1) is 6.92 Å². The molecule has 4 N–H and O–H groups in total. The van der Waals surface area contributed by atoms with Crippen molar-refractivity contribution in [2.24, 2.45) is 0 Å². The summed E-state index contributed by atoms with van der Waals surface area (Å²) in [5, 5.41) is 17.2. The average molecular weight is 571 g/mol. The third-order valence-corrected chi connectivity index (χ3v) is 7.71. The predicted molar refractivity (Wildman–Crippen MR) is 160 cm³/mol. The first-order valence-corrected chi connectivity index (χ1v) is 13.7. The maximum atomic E-state index is 13.0. The monoisotopic (exact) mass is 570 g/mol. The largest absolute Gasteiger partial charge is 0.507 e.